The van der Waals surface area contributed by atoms with Crippen molar-refractivity contribution in [3.8, 4) is 0 Å². The van der Waals surface area contributed by atoms with Crippen LogP contribution in [0.25, 0.3) is 0 Å². The lowest BCUT2D eigenvalue weighted by molar-refractivity contribution is 0.181. The second kappa shape index (κ2) is 3.11. The summed E-state index contributed by atoms with van der Waals surface area (Å²) in [6.07, 6.45) is 5.62. The highest BCUT2D eigenvalue weighted by molar-refractivity contribution is 4.88. The molecule has 2 unspecified atom stereocenters. The zero-order valence-corrected chi connectivity index (χ0v) is 7.00. The Hall–Kier alpha value is -0.0800. The monoisotopic (exact) mass is 155 g/mol. The quantitative estimate of drug-likeness (QED) is 0.639. The summed E-state index contributed by atoms with van der Waals surface area (Å²) in [5, 5.41) is 8.80. The molecular weight excluding hydrogens is 138 g/mol. The SMILES string of the molecule is OCCN1CC2CCCC1C2. The minimum Gasteiger partial charge on any atom is -0.395 e. The van der Waals surface area contributed by atoms with E-state index in [1.54, 1.807) is 0 Å². The average Bonchev–Trinajstić information content (AvgIpc) is 2.29. The molecule has 0 spiro atoms. The Morgan fingerprint density at radius 2 is 2.27 bits per heavy atom. The third kappa shape index (κ3) is 1.42. The number of rotatable bonds is 2. The van der Waals surface area contributed by atoms with Crippen LogP contribution < -0.4 is 0 Å². The van der Waals surface area contributed by atoms with Gasteiger partial charge in [0.25, 0.3) is 0 Å². The second-order valence-electron chi connectivity index (χ2n) is 3.90. The van der Waals surface area contributed by atoms with Crippen LogP contribution in [0, 0.1) is 5.92 Å². The van der Waals surface area contributed by atoms with Gasteiger partial charge >= 0.3 is 0 Å². The molecule has 0 radical (unpaired) electrons. The van der Waals surface area contributed by atoms with Crippen molar-refractivity contribution in [3.05, 3.63) is 0 Å². The highest BCUT2D eigenvalue weighted by Crippen LogP contribution is 2.34. The van der Waals surface area contributed by atoms with Crippen LogP contribution in [0.1, 0.15) is 25.7 Å². The molecule has 1 N–H and O–H groups in total. The molecule has 0 aromatic heterocycles. The topological polar surface area (TPSA) is 23.5 Å². The fraction of sp³-hybridized carbons (Fsp3) is 1.00. The number of nitrogens with zero attached hydrogens (tertiary/aromatic N) is 1. The van der Waals surface area contributed by atoms with Crippen LogP contribution in [-0.2, 0) is 0 Å². The maximum Gasteiger partial charge on any atom is 0.0558 e. The minimum absolute atomic E-state index is 0.337. The lowest BCUT2D eigenvalue weighted by atomic mass is 9.90. The lowest BCUT2D eigenvalue weighted by Gasteiger charge is -2.23. The number of hydrogen-bond acceptors (Lipinski definition) is 2. The van der Waals surface area contributed by atoms with Crippen molar-refractivity contribution in [2.24, 2.45) is 5.92 Å². The van der Waals surface area contributed by atoms with E-state index in [9.17, 15) is 0 Å². The van der Waals surface area contributed by atoms with Crippen molar-refractivity contribution in [3.63, 3.8) is 0 Å². The molecule has 2 bridgehead atoms. The maximum absolute atomic E-state index is 8.80. The van der Waals surface area contributed by atoms with Crippen LogP contribution in [0.2, 0.25) is 0 Å². The normalized spacial score (nSPS) is 37.9. The molecule has 2 heteroatoms. The zero-order chi connectivity index (χ0) is 7.68. The standard InChI is InChI=1S/C9H17NO/c11-5-4-10-7-8-2-1-3-9(10)6-8/h8-9,11H,1-7H2. The van der Waals surface area contributed by atoms with E-state index >= 15 is 0 Å². The van der Waals surface area contributed by atoms with Crippen LogP contribution in [0.4, 0.5) is 0 Å². The van der Waals surface area contributed by atoms with Gasteiger partial charge in [0.15, 0.2) is 0 Å². The Morgan fingerprint density at radius 3 is 3.00 bits per heavy atom. The number of fused-ring (bicyclic) bond motifs is 2. The molecular formula is C9H17NO. The highest BCUT2D eigenvalue weighted by Gasteiger charge is 2.34. The Kier molecular flexibility index (Phi) is 2.14. The fourth-order valence-corrected chi connectivity index (χ4v) is 2.64. The van der Waals surface area contributed by atoms with Gasteiger partial charge in [-0.25, -0.2) is 0 Å². The molecule has 2 nitrogen and oxygen atoms in total. The number of aliphatic hydroxyl groups excluding tert-OH is 1. The number of hydrogen-bond donors (Lipinski definition) is 1. The molecule has 2 atom stereocenters. The summed E-state index contributed by atoms with van der Waals surface area (Å²) in [6, 6.07) is 0.820. The third-order valence-electron chi connectivity index (χ3n) is 3.15. The molecule has 0 aromatic rings. The van der Waals surface area contributed by atoms with Crippen molar-refractivity contribution in [1.82, 2.24) is 4.90 Å². The van der Waals surface area contributed by atoms with Crippen LogP contribution in [0.15, 0.2) is 0 Å². The van der Waals surface area contributed by atoms with E-state index in [2.05, 4.69) is 4.90 Å². The molecule has 2 fully saturated rings. The zero-order valence-electron chi connectivity index (χ0n) is 7.00. The van der Waals surface area contributed by atoms with E-state index < -0.39 is 0 Å². The van der Waals surface area contributed by atoms with E-state index in [-0.39, 0.29) is 0 Å². The summed E-state index contributed by atoms with van der Waals surface area (Å²) in [6.45, 7) is 2.50. The van der Waals surface area contributed by atoms with Crippen molar-refractivity contribution in [2.45, 2.75) is 31.7 Å². The molecule has 1 heterocycles. The van der Waals surface area contributed by atoms with Gasteiger partial charge in [0.05, 0.1) is 6.61 Å². The number of likely N-dealkylation sites (tertiary alicyclic amines) is 1. The van der Waals surface area contributed by atoms with Gasteiger partial charge in [-0.05, 0) is 25.2 Å². The molecule has 0 aromatic carbocycles. The molecule has 11 heavy (non-hydrogen) atoms. The fourth-order valence-electron chi connectivity index (χ4n) is 2.64. The molecule has 1 aliphatic carbocycles. The molecule has 2 aliphatic rings. The predicted octanol–water partition coefficient (Wildman–Crippen LogP) is 0.853. The van der Waals surface area contributed by atoms with Gasteiger partial charge in [-0.3, -0.25) is 4.90 Å². The van der Waals surface area contributed by atoms with E-state index in [1.807, 2.05) is 0 Å². The first-order chi connectivity index (χ1) is 5.40. The number of β-amino-alcohol motifs (C(OH)–C–C–N with tert-alkyl or cyclic N) is 1. The minimum atomic E-state index is 0.337. The molecule has 0 amide bonds. The first-order valence-electron chi connectivity index (χ1n) is 4.75. The average molecular weight is 155 g/mol. The summed E-state index contributed by atoms with van der Waals surface area (Å²) < 4.78 is 0. The van der Waals surface area contributed by atoms with Crippen LogP contribution in [0.3, 0.4) is 0 Å². The predicted molar refractivity (Wildman–Crippen MR) is 44.4 cm³/mol. The molecule has 1 saturated heterocycles. The van der Waals surface area contributed by atoms with Gasteiger partial charge in [-0.2, -0.15) is 0 Å². The van der Waals surface area contributed by atoms with E-state index in [0.29, 0.717) is 6.61 Å². The summed E-state index contributed by atoms with van der Waals surface area (Å²) in [5.74, 6) is 0.959. The largest absolute Gasteiger partial charge is 0.395 e. The Labute approximate surface area is 68.2 Å². The van der Waals surface area contributed by atoms with Crippen LogP contribution >= 0.6 is 0 Å². The molecule has 1 saturated carbocycles. The second-order valence-corrected chi connectivity index (χ2v) is 3.90. The van der Waals surface area contributed by atoms with Crippen molar-refractivity contribution in [1.29, 1.82) is 0 Å². The summed E-state index contributed by atoms with van der Waals surface area (Å²) in [5.41, 5.74) is 0. The summed E-state index contributed by atoms with van der Waals surface area (Å²) in [7, 11) is 0. The Morgan fingerprint density at radius 1 is 1.36 bits per heavy atom. The van der Waals surface area contributed by atoms with Gasteiger partial charge in [-0.15, -0.1) is 0 Å². The van der Waals surface area contributed by atoms with Crippen molar-refractivity contribution < 1.29 is 5.11 Å². The van der Waals surface area contributed by atoms with Crippen LogP contribution in [-0.4, -0.2) is 35.7 Å². The Balaban J connectivity index is 1.92. The van der Waals surface area contributed by atoms with Gasteiger partial charge in [0, 0.05) is 19.1 Å². The van der Waals surface area contributed by atoms with E-state index in [4.69, 9.17) is 5.11 Å². The Bertz CT molecular complexity index is 138. The van der Waals surface area contributed by atoms with Crippen LogP contribution in [0.5, 0.6) is 0 Å². The van der Waals surface area contributed by atoms with Crippen molar-refractivity contribution in [2.75, 3.05) is 19.7 Å². The molecule has 64 valence electrons. The summed E-state index contributed by atoms with van der Waals surface area (Å²) in [4.78, 5) is 2.47. The summed E-state index contributed by atoms with van der Waals surface area (Å²) >= 11 is 0. The number of aliphatic hydroxyl groups is 1. The van der Waals surface area contributed by atoms with E-state index in [0.717, 1.165) is 18.5 Å². The van der Waals surface area contributed by atoms with Gasteiger partial charge in [0.2, 0.25) is 0 Å². The lowest BCUT2D eigenvalue weighted by Crippen LogP contribution is -2.31. The van der Waals surface area contributed by atoms with Gasteiger partial charge < -0.3 is 5.11 Å². The van der Waals surface area contributed by atoms with Gasteiger partial charge in [0.1, 0.15) is 0 Å². The highest BCUT2D eigenvalue weighted by atomic mass is 16.3. The van der Waals surface area contributed by atoms with Crippen molar-refractivity contribution >= 4 is 0 Å². The smallest absolute Gasteiger partial charge is 0.0558 e. The first-order valence-corrected chi connectivity index (χ1v) is 4.75. The molecule has 2 rings (SSSR count). The maximum atomic E-state index is 8.80. The first kappa shape index (κ1) is 7.56. The van der Waals surface area contributed by atoms with Gasteiger partial charge in [-0.1, -0.05) is 6.42 Å². The molecule has 1 aliphatic heterocycles. The van der Waals surface area contributed by atoms with E-state index in [1.165, 1.54) is 32.2 Å². The third-order valence-corrected chi connectivity index (χ3v) is 3.15.